The van der Waals surface area contributed by atoms with Gasteiger partial charge in [-0.25, -0.2) is 9.48 Å². The van der Waals surface area contributed by atoms with Crippen LogP contribution in [0.1, 0.15) is 32.3 Å². The zero-order chi connectivity index (χ0) is 23.9. The number of urea groups is 1. The van der Waals surface area contributed by atoms with Gasteiger partial charge < -0.3 is 15.1 Å². The fourth-order valence-corrected chi connectivity index (χ4v) is 4.44. The minimum Gasteiger partial charge on any atom is -0.352 e. The van der Waals surface area contributed by atoms with Gasteiger partial charge in [-0.05, 0) is 38.8 Å². The van der Waals surface area contributed by atoms with Gasteiger partial charge >= 0.3 is 6.03 Å². The number of aromatic nitrogens is 2. The van der Waals surface area contributed by atoms with Crippen LogP contribution in [0.5, 0.6) is 0 Å². The van der Waals surface area contributed by atoms with Gasteiger partial charge in [-0.1, -0.05) is 48.5 Å². The van der Waals surface area contributed by atoms with E-state index in [4.69, 9.17) is 5.10 Å². The highest BCUT2D eigenvalue weighted by molar-refractivity contribution is 5.80. The Morgan fingerprint density at radius 1 is 0.971 bits per heavy atom. The van der Waals surface area contributed by atoms with Gasteiger partial charge in [0.15, 0.2) is 0 Å². The normalized spacial score (nSPS) is 14.1. The Kier molecular flexibility index (Phi) is 7.62. The first kappa shape index (κ1) is 23.5. The summed E-state index contributed by atoms with van der Waals surface area (Å²) in [5.74, 6) is -0.0356. The van der Waals surface area contributed by atoms with Gasteiger partial charge in [-0.3, -0.25) is 4.79 Å². The summed E-state index contributed by atoms with van der Waals surface area (Å²) in [7, 11) is 0. The van der Waals surface area contributed by atoms with E-state index in [1.807, 2.05) is 95.2 Å². The maximum atomic E-state index is 13.0. The minimum atomic E-state index is -0.0786. The lowest BCUT2D eigenvalue weighted by Crippen LogP contribution is -2.48. The molecule has 1 N–H and O–H groups in total. The van der Waals surface area contributed by atoms with Crippen LogP contribution in [0.15, 0.2) is 66.9 Å². The average molecular weight is 460 g/mol. The Hall–Kier alpha value is -3.61. The molecule has 178 valence electrons. The standard InChI is InChI=1S/C27H33N5O2/c1-3-30(4-2)27(34)31-17-15-22(16-18-31)26(33)28-19-23-20-32(24-13-9-6-10-14-24)29-25(23)21-11-7-5-8-12-21/h5-14,20,22H,3-4,15-19H2,1-2H3,(H,28,33). The summed E-state index contributed by atoms with van der Waals surface area (Å²) in [4.78, 5) is 29.2. The molecule has 0 spiro atoms. The molecule has 0 saturated carbocycles. The van der Waals surface area contributed by atoms with Crippen LogP contribution >= 0.6 is 0 Å². The molecule has 0 unspecified atom stereocenters. The lowest BCUT2D eigenvalue weighted by Gasteiger charge is -2.34. The van der Waals surface area contributed by atoms with Crippen molar-refractivity contribution in [1.82, 2.24) is 24.9 Å². The molecule has 1 fully saturated rings. The molecule has 4 rings (SSSR count). The van der Waals surface area contributed by atoms with Crippen LogP contribution in [0.3, 0.4) is 0 Å². The zero-order valence-corrected chi connectivity index (χ0v) is 20.0. The maximum absolute atomic E-state index is 13.0. The van der Waals surface area contributed by atoms with Gasteiger partial charge in [-0.15, -0.1) is 0 Å². The number of benzene rings is 2. The Morgan fingerprint density at radius 2 is 1.59 bits per heavy atom. The van der Waals surface area contributed by atoms with Gasteiger partial charge in [-0.2, -0.15) is 5.10 Å². The van der Waals surface area contributed by atoms with Crippen LogP contribution in [-0.4, -0.2) is 57.7 Å². The fourth-order valence-electron chi connectivity index (χ4n) is 4.44. The first-order valence-corrected chi connectivity index (χ1v) is 12.1. The van der Waals surface area contributed by atoms with Gasteiger partial charge in [0.2, 0.25) is 5.91 Å². The quantitative estimate of drug-likeness (QED) is 0.572. The minimum absolute atomic E-state index is 0.0430. The molecular formula is C27H33N5O2. The molecule has 2 heterocycles. The van der Waals surface area contributed by atoms with Gasteiger partial charge in [0.05, 0.1) is 11.4 Å². The summed E-state index contributed by atoms with van der Waals surface area (Å²) in [6.07, 6.45) is 3.37. The number of carbonyl (C=O) groups excluding carboxylic acids is 2. The number of hydrogen-bond acceptors (Lipinski definition) is 3. The summed E-state index contributed by atoms with van der Waals surface area (Å²) in [5.41, 5.74) is 3.83. The van der Waals surface area contributed by atoms with E-state index < -0.39 is 0 Å². The van der Waals surface area contributed by atoms with Crippen LogP contribution in [0.4, 0.5) is 4.79 Å². The third-order valence-corrected chi connectivity index (χ3v) is 6.48. The van der Waals surface area contributed by atoms with E-state index in [-0.39, 0.29) is 17.9 Å². The number of nitrogens with one attached hydrogen (secondary N) is 1. The molecule has 2 aromatic carbocycles. The van der Waals surface area contributed by atoms with E-state index in [0.29, 0.717) is 45.6 Å². The highest BCUT2D eigenvalue weighted by atomic mass is 16.2. The zero-order valence-electron chi connectivity index (χ0n) is 20.0. The van der Waals surface area contributed by atoms with Crippen molar-refractivity contribution in [3.63, 3.8) is 0 Å². The average Bonchev–Trinajstić information content (AvgIpc) is 3.33. The molecule has 0 aliphatic carbocycles. The molecular weight excluding hydrogens is 426 g/mol. The number of likely N-dealkylation sites (tertiary alicyclic amines) is 1. The largest absolute Gasteiger partial charge is 0.352 e. The van der Waals surface area contributed by atoms with E-state index in [9.17, 15) is 9.59 Å². The lowest BCUT2D eigenvalue weighted by atomic mass is 9.96. The Morgan fingerprint density at radius 3 is 2.21 bits per heavy atom. The third-order valence-electron chi connectivity index (χ3n) is 6.48. The number of para-hydroxylation sites is 1. The third kappa shape index (κ3) is 5.30. The topological polar surface area (TPSA) is 70.5 Å². The molecule has 0 radical (unpaired) electrons. The second kappa shape index (κ2) is 11.0. The van der Waals surface area contributed by atoms with Crippen molar-refractivity contribution in [3.8, 4) is 16.9 Å². The highest BCUT2D eigenvalue weighted by Crippen LogP contribution is 2.24. The van der Waals surface area contributed by atoms with Crippen LogP contribution in [0, 0.1) is 5.92 Å². The summed E-state index contributed by atoms with van der Waals surface area (Å²) in [5, 5.41) is 7.95. The predicted octanol–water partition coefficient (Wildman–Crippen LogP) is 4.33. The van der Waals surface area contributed by atoms with Crippen molar-refractivity contribution in [2.75, 3.05) is 26.2 Å². The number of piperidine rings is 1. The number of nitrogens with zero attached hydrogens (tertiary/aromatic N) is 4. The first-order valence-electron chi connectivity index (χ1n) is 12.1. The van der Waals surface area contributed by atoms with Crippen LogP contribution in [0.25, 0.3) is 16.9 Å². The molecule has 7 heteroatoms. The van der Waals surface area contributed by atoms with E-state index in [0.717, 1.165) is 22.5 Å². The molecule has 0 bridgehead atoms. The molecule has 3 amide bonds. The lowest BCUT2D eigenvalue weighted by molar-refractivity contribution is -0.126. The van der Waals surface area contributed by atoms with Crippen molar-refractivity contribution < 1.29 is 9.59 Å². The molecule has 1 aliphatic heterocycles. The molecule has 34 heavy (non-hydrogen) atoms. The number of amides is 3. The van der Waals surface area contributed by atoms with E-state index in [1.54, 1.807) is 0 Å². The molecule has 1 aromatic heterocycles. The summed E-state index contributed by atoms with van der Waals surface area (Å²) >= 11 is 0. The molecule has 1 aliphatic rings. The van der Waals surface area contributed by atoms with Crippen LogP contribution in [-0.2, 0) is 11.3 Å². The predicted molar refractivity (Wildman–Crippen MR) is 133 cm³/mol. The number of hydrogen-bond donors (Lipinski definition) is 1. The van der Waals surface area contributed by atoms with Crippen molar-refractivity contribution in [3.05, 3.63) is 72.4 Å². The van der Waals surface area contributed by atoms with Crippen molar-refractivity contribution in [1.29, 1.82) is 0 Å². The monoisotopic (exact) mass is 459 g/mol. The van der Waals surface area contributed by atoms with Crippen LogP contribution < -0.4 is 5.32 Å². The highest BCUT2D eigenvalue weighted by Gasteiger charge is 2.29. The number of rotatable bonds is 7. The smallest absolute Gasteiger partial charge is 0.319 e. The Labute approximate surface area is 201 Å². The van der Waals surface area contributed by atoms with Gasteiger partial charge in [0.1, 0.15) is 0 Å². The summed E-state index contributed by atoms with van der Waals surface area (Å²) in [6.45, 7) is 7.04. The maximum Gasteiger partial charge on any atom is 0.319 e. The fraction of sp³-hybridized carbons (Fsp3) is 0.370. The summed E-state index contributed by atoms with van der Waals surface area (Å²) < 4.78 is 1.86. The van der Waals surface area contributed by atoms with Gasteiger partial charge in [0.25, 0.3) is 0 Å². The molecule has 1 saturated heterocycles. The molecule has 7 nitrogen and oxygen atoms in total. The molecule has 3 aromatic rings. The Bertz CT molecular complexity index is 1080. The van der Waals surface area contributed by atoms with Gasteiger partial charge in [0, 0.05) is 56.0 Å². The molecule has 0 atom stereocenters. The van der Waals surface area contributed by atoms with Crippen molar-refractivity contribution in [2.45, 2.75) is 33.2 Å². The summed E-state index contributed by atoms with van der Waals surface area (Å²) in [6, 6.07) is 20.1. The second-order valence-corrected chi connectivity index (χ2v) is 8.58. The van der Waals surface area contributed by atoms with E-state index in [2.05, 4.69) is 5.32 Å². The van der Waals surface area contributed by atoms with E-state index >= 15 is 0 Å². The number of carbonyl (C=O) groups is 2. The Balaban J connectivity index is 1.42. The van der Waals surface area contributed by atoms with E-state index in [1.165, 1.54) is 0 Å². The van der Waals surface area contributed by atoms with Crippen molar-refractivity contribution >= 4 is 11.9 Å². The SMILES string of the molecule is CCN(CC)C(=O)N1CCC(C(=O)NCc2cn(-c3ccccc3)nc2-c2ccccc2)CC1. The van der Waals surface area contributed by atoms with Crippen molar-refractivity contribution in [2.24, 2.45) is 5.92 Å². The second-order valence-electron chi connectivity index (χ2n) is 8.58. The first-order chi connectivity index (χ1) is 16.6. The van der Waals surface area contributed by atoms with Crippen LogP contribution in [0.2, 0.25) is 0 Å².